The van der Waals surface area contributed by atoms with Gasteiger partial charge in [-0.1, -0.05) is 24.3 Å². The predicted octanol–water partition coefficient (Wildman–Crippen LogP) is 4.04. The van der Waals surface area contributed by atoms with Crippen LogP contribution in [0.4, 0.5) is 10.7 Å². The molecule has 0 aliphatic heterocycles. The largest absolute Gasteiger partial charge is 0.397 e. The van der Waals surface area contributed by atoms with Crippen LogP contribution in [0.15, 0.2) is 24.3 Å². The van der Waals surface area contributed by atoms with Crippen molar-refractivity contribution < 1.29 is 0 Å². The molecular formula is C17H19N3S. The minimum Gasteiger partial charge on any atom is -0.397 e. The number of nitrogen functional groups attached to an aromatic ring is 1. The predicted molar refractivity (Wildman–Crippen MR) is 88.8 cm³/mol. The first kappa shape index (κ1) is 14.0. The molecule has 1 heterocycles. The maximum Gasteiger partial charge on any atom is 0.130 e. The zero-order valence-corrected chi connectivity index (χ0v) is 13.0. The van der Waals surface area contributed by atoms with Crippen LogP contribution in [-0.2, 0) is 6.42 Å². The van der Waals surface area contributed by atoms with Crippen molar-refractivity contribution in [3.05, 3.63) is 45.8 Å². The fourth-order valence-corrected chi connectivity index (χ4v) is 3.68. The Balaban J connectivity index is 1.71. The normalized spacial score (nSPS) is 13.9. The highest BCUT2D eigenvalue weighted by atomic mass is 32.1. The molecule has 0 unspecified atom stereocenters. The van der Waals surface area contributed by atoms with Gasteiger partial charge in [0.25, 0.3) is 0 Å². The number of rotatable bonds is 5. The summed E-state index contributed by atoms with van der Waals surface area (Å²) in [4.78, 5) is 0.648. The SMILES string of the molecule is Cc1ccccc1CCNc1sc(C#N)c(N)c1C1CC1. The van der Waals surface area contributed by atoms with Crippen molar-refractivity contribution in [1.29, 1.82) is 5.26 Å². The van der Waals surface area contributed by atoms with Crippen molar-refractivity contribution in [3.63, 3.8) is 0 Å². The van der Waals surface area contributed by atoms with Gasteiger partial charge in [0.2, 0.25) is 0 Å². The summed E-state index contributed by atoms with van der Waals surface area (Å²) in [5.74, 6) is 0.560. The number of nitrogens with two attached hydrogens (primary N) is 1. The third kappa shape index (κ3) is 2.88. The second-order valence-electron chi connectivity index (χ2n) is 5.58. The molecule has 3 rings (SSSR count). The van der Waals surface area contributed by atoms with Crippen LogP contribution in [0.1, 0.15) is 40.3 Å². The number of hydrogen-bond donors (Lipinski definition) is 2. The van der Waals surface area contributed by atoms with Crippen LogP contribution in [0.5, 0.6) is 0 Å². The molecule has 108 valence electrons. The van der Waals surface area contributed by atoms with E-state index in [1.165, 1.54) is 40.9 Å². The molecular weight excluding hydrogens is 278 g/mol. The molecule has 0 bridgehead atoms. The number of thiophene rings is 1. The van der Waals surface area contributed by atoms with Gasteiger partial charge < -0.3 is 11.1 Å². The molecule has 2 aromatic rings. The van der Waals surface area contributed by atoms with Gasteiger partial charge in [0, 0.05) is 12.1 Å². The van der Waals surface area contributed by atoms with E-state index in [-0.39, 0.29) is 0 Å². The molecule has 0 amide bonds. The summed E-state index contributed by atoms with van der Waals surface area (Å²) in [5.41, 5.74) is 10.7. The van der Waals surface area contributed by atoms with E-state index < -0.39 is 0 Å². The van der Waals surface area contributed by atoms with Gasteiger partial charge in [-0.3, -0.25) is 0 Å². The summed E-state index contributed by atoms with van der Waals surface area (Å²) in [5, 5.41) is 13.7. The lowest BCUT2D eigenvalue weighted by molar-refractivity contribution is 1.00. The van der Waals surface area contributed by atoms with Crippen LogP contribution in [-0.4, -0.2) is 6.54 Å². The smallest absolute Gasteiger partial charge is 0.130 e. The van der Waals surface area contributed by atoms with E-state index in [4.69, 9.17) is 11.0 Å². The quantitative estimate of drug-likeness (QED) is 0.875. The van der Waals surface area contributed by atoms with Gasteiger partial charge >= 0.3 is 0 Å². The van der Waals surface area contributed by atoms with E-state index in [9.17, 15) is 0 Å². The van der Waals surface area contributed by atoms with Gasteiger partial charge in [0.1, 0.15) is 10.9 Å². The molecule has 0 atom stereocenters. The Hall–Kier alpha value is -1.99. The van der Waals surface area contributed by atoms with E-state index in [2.05, 4.69) is 42.6 Å². The summed E-state index contributed by atoms with van der Waals surface area (Å²) in [6.45, 7) is 3.01. The van der Waals surface area contributed by atoms with E-state index in [0.29, 0.717) is 16.5 Å². The summed E-state index contributed by atoms with van der Waals surface area (Å²) in [6, 6.07) is 10.7. The van der Waals surface area contributed by atoms with Crippen LogP contribution in [0.25, 0.3) is 0 Å². The van der Waals surface area contributed by atoms with Crippen molar-refractivity contribution in [1.82, 2.24) is 0 Å². The van der Waals surface area contributed by atoms with Gasteiger partial charge in [0.05, 0.1) is 10.7 Å². The molecule has 3 N–H and O–H groups in total. The van der Waals surface area contributed by atoms with Crippen molar-refractivity contribution in [2.45, 2.75) is 32.1 Å². The average molecular weight is 297 g/mol. The van der Waals surface area contributed by atoms with Crippen LogP contribution in [0.2, 0.25) is 0 Å². The molecule has 3 nitrogen and oxygen atoms in total. The molecule has 4 heteroatoms. The lowest BCUT2D eigenvalue weighted by Gasteiger charge is -2.09. The Labute approximate surface area is 129 Å². The van der Waals surface area contributed by atoms with Gasteiger partial charge in [0.15, 0.2) is 0 Å². The fourth-order valence-electron chi connectivity index (χ4n) is 2.65. The number of hydrogen-bond acceptors (Lipinski definition) is 4. The zero-order chi connectivity index (χ0) is 14.8. The highest BCUT2D eigenvalue weighted by molar-refractivity contribution is 7.17. The average Bonchev–Trinajstić information content (AvgIpc) is 3.26. The van der Waals surface area contributed by atoms with Gasteiger partial charge in [-0.25, -0.2) is 0 Å². The molecule has 0 radical (unpaired) electrons. The number of benzene rings is 1. The van der Waals surface area contributed by atoms with E-state index in [0.717, 1.165) is 18.0 Å². The maximum atomic E-state index is 9.15. The topological polar surface area (TPSA) is 61.8 Å². The van der Waals surface area contributed by atoms with Crippen molar-refractivity contribution in [2.24, 2.45) is 0 Å². The second kappa shape index (κ2) is 5.79. The van der Waals surface area contributed by atoms with Crippen molar-refractivity contribution in [3.8, 4) is 6.07 Å². The van der Waals surface area contributed by atoms with Gasteiger partial charge in [-0.05, 0) is 43.2 Å². The zero-order valence-electron chi connectivity index (χ0n) is 12.1. The second-order valence-corrected chi connectivity index (χ2v) is 6.60. The third-order valence-electron chi connectivity index (χ3n) is 4.01. The maximum absolute atomic E-state index is 9.15. The number of anilines is 2. The molecule has 1 fully saturated rings. The standard InChI is InChI=1S/C17H19N3S/c1-11-4-2-3-5-12(11)8-9-20-17-15(13-6-7-13)16(19)14(10-18)21-17/h2-5,13,20H,6-9,19H2,1H3. The molecule has 1 aromatic carbocycles. The van der Waals surface area contributed by atoms with E-state index in [1.807, 2.05) is 0 Å². The summed E-state index contributed by atoms with van der Waals surface area (Å²) in [6.07, 6.45) is 3.37. The fraction of sp³-hybridized carbons (Fsp3) is 0.353. The van der Waals surface area contributed by atoms with E-state index >= 15 is 0 Å². The first-order valence-corrected chi connectivity index (χ1v) is 8.13. The Morgan fingerprint density at radius 3 is 2.81 bits per heavy atom. The van der Waals surface area contributed by atoms with Gasteiger partial charge in [-0.2, -0.15) is 5.26 Å². The van der Waals surface area contributed by atoms with Crippen molar-refractivity contribution in [2.75, 3.05) is 17.6 Å². The first-order valence-electron chi connectivity index (χ1n) is 7.31. The lowest BCUT2D eigenvalue weighted by atomic mass is 10.1. The Morgan fingerprint density at radius 2 is 2.14 bits per heavy atom. The van der Waals surface area contributed by atoms with Crippen LogP contribution in [0, 0.1) is 18.3 Å². The van der Waals surface area contributed by atoms with Gasteiger partial charge in [-0.15, -0.1) is 11.3 Å². The van der Waals surface area contributed by atoms with Crippen LogP contribution < -0.4 is 11.1 Å². The van der Waals surface area contributed by atoms with Crippen LogP contribution >= 0.6 is 11.3 Å². The molecule has 0 spiro atoms. The third-order valence-corrected chi connectivity index (χ3v) is 5.10. The lowest BCUT2D eigenvalue weighted by Crippen LogP contribution is -2.06. The van der Waals surface area contributed by atoms with Crippen molar-refractivity contribution >= 4 is 22.0 Å². The monoisotopic (exact) mass is 297 g/mol. The molecule has 0 saturated heterocycles. The Bertz CT molecular complexity index is 693. The minimum atomic E-state index is 0.560. The molecule has 21 heavy (non-hydrogen) atoms. The molecule has 1 saturated carbocycles. The number of aryl methyl sites for hydroxylation is 1. The molecule has 1 aliphatic carbocycles. The summed E-state index contributed by atoms with van der Waals surface area (Å²) < 4.78 is 0. The summed E-state index contributed by atoms with van der Waals surface area (Å²) in [7, 11) is 0. The Morgan fingerprint density at radius 1 is 1.38 bits per heavy atom. The molecule has 1 aliphatic rings. The van der Waals surface area contributed by atoms with E-state index in [1.54, 1.807) is 0 Å². The number of nitriles is 1. The minimum absolute atomic E-state index is 0.560. The highest BCUT2D eigenvalue weighted by Crippen LogP contribution is 2.50. The summed E-state index contributed by atoms with van der Waals surface area (Å²) >= 11 is 1.50. The highest BCUT2D eigenvalue weighted by Gasteiger charge is 2.31. The number of nitrogens with one attached hydrogen (secondary N) is 1. The first-order chi connectivity index (χ1) is 10.2. The van der Waals surface area contributed by atoms with Crippen LogP contribution in [0.3, 0.4) is 0 Å². The number of nitrogens with zero attached hydrogens (tertiary/aromatic N) is 1. The molecule has 1 aromatic heterocycles. The Kier molecular flexibility index (Phi) is 3.85.